The molecule has 0 bridgehead atoms. The van der Waals surface area contributed by atoms with Crippen LogP contribution in [0.2, 0.25) is 0 Å². The van der Waals surface area contributed by atoms with Gasteiger partial charge in [-0.3, -0.25) is 4.79 Å². The van der Waals surface area contributed by atoms with Gasteiger partial charge in [0.2, 0.25) is 0 Å². The molecule has 1 heterocycles. The SMILES string of the molecule is COc1ccc(C2(C(=O)OC(=O)[C@@H]3NCC[C@H]3C)CCCC2)cc1. The lowest BCUT2D eigenvalue weighted by atomic mass is 9.79. The molecule has 1 aromatic carbocycles. The van der Waals surface area contributed by atoms with Gasteiger partial charge < -0.3 is 14.8 Å². The zero-order valence-electron chi connectivity index (χ0n) is 14.3. The van der Waals surface area contributed by atoms with E-state index >= 15 is 0 Å². The minimum Gasteiger partial charge on any atom is -0.497 e. The molecule has 0 unspecified atom stereocenters. The molecule has 5 heteroatoms. The van der Waals surface area contributed by atoms with E-state index in [1.54, 1.807) is 7.11 Å². The second-order valence-corrected chi connectivity index (χ2v) is 6.92. The highest BCUT2D eigenvalue weighted by molar-refractivity contribution is 5.94. The maximum absolute atomic E-state index is 12.9. The molecule has 2 fully saturated rings. The molecule has 24 heavy (non-hydrogen) atoms. The van der Waals surface area contributed by atoms with Crippen LogP contribution in [0.1, 0.15) is 44.6 Å². The lowest BCUT2D eigenvalue weighted by Gasteiger charge is -2.27. The van der Waals surface area contributed by atoms with Gasteiger partial charge in [0.1, 0.15) is 11.8 Å². The first kappa shape index (κ1) is 17.0. The average molecular weight is 331 g/mol. The van der Waals surface area contributed by atoms with Crippen molar-refractivity contribution in [3.8, 4) is 5.75 Å². The first-order chi connectivity index (χ1) is 11.6. The molecular weight excluding hydrogens is 306 g/mol. The van der Waals surface area contributed by atoms with Crippen molar-refractivity contribution in [1.29, 1.82) is 0 Å². The van der Waals surface area contributed by atoms with Crippen LogP contribution in [-0.4, -0.2) is 31.6 Å². The van der Waals surface area contributed by atoms with E-state index in [0.717, 1.165) is 50.0 Å². The van der Waals surface area contributed by atoms with Crippen molar-refractivity contribution in [2.45, 2.75) is 50.5 Å². The molecule has 1 aromatic rings. The quantitative estimate of drug-likeness (QED) is 0.678. The van der Waals surface area contributed by atoms with Gasteiger partial charge in [-0.05, 0) is 49.4 Å². The predicted molar refractivity (Wildman–Crippen MR) is 89.8 cm³/mol. The summed E-state index contributed by atoms with van der Waals surface area (Å²) in [5, 5.41) is 3.13. The maximum Gasteiger partial charge on any atom is 0.331 e. The average Bonchev–Trinajstić information content (AvgIpc) is 3.24. The number of ether oxygens (including phenoxy) is 2. The fraction of sp³-hybridized carbons (Fsp3) is 0.579. The van der Waals surface area contributed by atoms with Gasteiger partial charge in [0.05, 0.1) is 12.5 Å². The number of rotatable bonds is 4. The Hall–Kier alpha value is -1.88. The third-order valence-corrected chi connectivity index (χ3v) is 5.47. The molecule has 2 atom stereocenters. The molecule has 0 spiro atoms. The van der Waals surface area contributed by atoms with Gasteiger partial charge in [-0.2, -0.15) is 0 Å². The first-order valence-electron chi connectivity index (χ1n) is 8.71. The van der Waals surface area contributed by atoms with Crippen LogP contribution in [0.3, 0.4) is 0 Å². The molecule has 1 aliphatic carbocycles. The molecule has 3 rings (SSSR count). The lowest BCUT2D eigenvalue weighted by Crippen LogP contribution is -2.42. The fourth-order valence-corrected chi connectivity index (χ4v) is 3.90. The Morgan fingerprint density at radius 1 is 1.17 bits per heavy atom. The second-order valence-electron chi connectivity index (χ2n) is 6.92. The van der Waals surface area contributed by atoms with Gasteiger partial charge in [-0.25, -0.2) is 4.79 Å². The summed E-state index contributed by atoms with van der Waals surface area (Å²) >= 11 is 0. The highest BCUT2D eigenvalue weighted by Crippen LogP contribution is 2.42. The normalized spacial score (nSPS) is 25.4. The monoisotopic (exact) mass is 331 g/mol. The standard InChI is InChI=1S/C19H25NO4/c1-13-9-12-20-16(13)17(21)24-18(22)19(10-3-4-11-19)14-5-7-15(23-2)8-6-14/h5-8,13,16,20H,3-4,9-12H2,1-2H3/t13-,16-/m1/s1. The van der Waals surface area contributed by atoms with Gasteiger partial charge in [-0.1, -0.05) is 31.9 Å². The topological polar surface area (TPSA) is 64.6 Å². The Kier molecular flexibility index (Phi) is 4.90. The fourth-order valence-electron chi connectivity index (χ4n) is 3.90. The van der Waals surface area contributed by atoms with E-state index in [-0.39, 0.29) is 12.0 Å². The van der Waals surface area contributed by atoms with Gasteiger partial charge in [-0.15, -0.1) is 0 Å². The van der Waals surface area contributed by atoms with Gasteiger partial charge >= 0.3 is 11.9 Å². The Labute approximate surface area is 142 Å². The molecule has 0 amide bonds. The van der Waals surface area contributed by atoms with Crippen LogP contribution < -0.4 is 10.1 Å². The first-order valence-corrected chi connectivity index (χ1v) is 8.71. The smallest absolute Gasteiger partial charge is 0.331 e. The van der Waals surface area contributed by atoms with Crippen molar-refractivity contribution in [2.24, 2.45) is 5.92 Å². The molecule has 2 aliphatic rings. The number of nitrogens with one attached hydrogen (secondary N) is 1. The molecule has 0 aromatic heterocycles. The molecule has 5 nitrogen and oxygen atoms in total. The Bertz CT molecular complexity index is 604. The van der Waals surface area contributed by atoms with E-state index in [4.69, 9.17) is 9.47 Å². The Balaban J connectivity index is 1.79. The Morgan fingerprint density at radius 3 is 2.38 bits per heavy atom. The van der Waals surface area contributed by atoms with Crippen LogP contribution in [0, 0.1) is 5.92 Å². The summed E-state index contributed by atoms with van der Waals surface area (Å²) < 4.78 is 10.5. The van der Waals surface area contributed by atoms with Crippen molar-refractivity contribution in [3.63, 3.8) is 0 Å². The molecule has 1 aliphatic heterocycles. The van der Waals surface area contributed by atoms with E-state index in [9.17, 15) is 9.59 Å². The van der Waals surface area contributed by atoms with Crippen molar-refractivity contribution >= 4 is 11.9 Å². The van der Waals surface area contributed by atoms with E-state index in [2.05, 4.69) is 5.32 Å². The van der Waals surface area contributed by atoms with E-state index in [1.165, 1.54) is 0 Å². The summed E-state index contributed by atoms with van der Waals surface area (Å²) in [5.74, 6) is 0.104. The summed E-state index contributed by atoms with van der Waals surface area (Å²) in [6, 6.07) is 7.15. The summed E-state index contributed by atoms with van der Waals surface area (Å²) in [7, 11) is 1.61. The van der Waals surface area contributed by atoms with E-state index in [0.29, 0.717) is 0 Å². The van der Waals surface area contributed by atoms with E-state index < -0.39 is 17.4 Å². The molecule has 0 radical (unpaired) electrons. The number of hydrogen-bond donors (Lipinski definition) is 1. The number of carbonyl (C=O) groups is 2. The summed E-state index contributed by atoms with van der Waals surface area (Å²) in [6.07, 6.45) is 4.30. The minimum atomic E-state index is -0.705. The van der Waals surface area contributed by atoms with Crippen LogP contribution in [-0.2, 0) is 19.7 Å². The van der Waals surface area contributed by atoms with Gasteiger partial charge in [0.15, 0.2) is 0 Å². The van der Waals surface area contributed by atoms with Crippen molar-refractivity contribution in [3.05, 3.63) is 29.8 Å². The van der Waals surface area contributed by atoms with Crippen LogP contribution in [0.15, 0.2) is 24.3 Å². The highest BCUT2D eigenvalue weighted by Gasteiger charge is 2.46. The van der Waals surface area contributed by atoms with Gasteiger partial charge in [0.25, 0.3) is 0 Å². The maximum atomic E-state index is 12.9. The van der Waals surface area contributed by atoms with Crippen LogP contribution in [0.25, 0.3) is 0 Å². The second kappa shape index (κ2) is 6.93. The van der Waals surface area contributed by atoms with Crippen LogP contribution >= 0.6 is 0 Å². The lowest BCUT2D eigenvalue weighted by molar-refractivity contribution is -0.165. The molecular formula is C19H25NO4. The number of methoxy groups -OCH3 is 1. The molecule has 130 valence electrons. The highest BCUT2D eigenvalue weighted by atomic mass is 16.6. The third-order valence-electron chi connectivity index (χ3n) is 5.47. The van der Waals surface area contributed by atoms with Crippen molar-refractivity contribution < 1.29 is 19.1 Å². The Morgan fingerprint density at radius 2 is 1.83 bits per heavy atom. The minimum absolute atomic E-state index is 0.200. The van der Waals surface area contributed by atoms with E-state index in [1.807, 2.05) is 31.2 Å². The molecule has 1 N–H and O–H groups in total. The van der Waals surface area contributed by atoms with Gasteiger partial charge in [0, 0.05) is 0 Å². The third kappa shape index (κ3) is 3.05. The van der Waals surface area contributed by atoms with Crippen molar-refractivity contribution in [2.75, 3.05) is 13.7 Å². The van der Waals surface area contributed by atoms with Crippen LogP contribution in [0.4, 0.5) is 0 Å². The number of esters is 2. The zero-order chi connectivity index (χ0) is 17.2. The number of hydrogen-bond acceptors (Lipinski definition) is 5. The summed E-state index contributed by atoms with van der Waals surface area (Å²) in [5.41, 5.74) is 0.204. The molecule has 1 saturated carbocycles. The van der Waals surface area contributed by atoms with Crippen molar-refractivity contribution in [1.82, 2.24) is 5.32 Å². The zero-order valence-corrected chi connectivity index (χ0v) is 14.3. The van der Waals surface area contributed by atoms with Crippen LogP contribution in [0.5, 0.6) is 5.75 Å². The molecule has 1 saturated heterocycles. The largest absolute Gasteiger partial charge is 0.497 e. The summed E-state index contributed by atoms with van der Waals surface area (Å²) in [4.78, 5) is 25.3. The predicted octanol–water partition coefficient (Wildman–Crippen LogP) is 2.57. The summed E-state index contributed by atoms with van der Waals surface area (Å²) in [6.45, 7) is 2.80. The number of benzene rings is 1. The number of carbonyl (C=O) groups excluding carboxylic acids is 2.